The molecule has 0 aliphatic rings. The van der Waals surface area contributed by atoms with Crippen molar-refractivity contribution in [3.8, 4) is 0 Å². The Morgan fingerprint density at radius 2 is 2.43 bits per heavy atom. The number of hydrogen-bond acceptors (Lipinski definition) is 1. The number of alkyl halides is 1. The topological polar surface area (TPSA) is 20.3 Å². The molecule has 0 unspecified atom stereocenters. The van der Waals surface area contributed by atoms with Crippen LogP contribution in [0.3, 0.4) is 0 Å². The Balaban J connectivity index is 3.16. The van der Waals surface area contributed by atoms with Gasteiger partial charge in [-0.1, -0.05) is 0 Å². The predicted octanol–water partition coefficient (Wildman–Crippen LogP) is 0.661. The molecule has 0 saturated carbocycles. The van der Waals surface area contributed by atoms with Crippen LogP contribution in [0.5, 0.6) is 0 Å². The van der Waals surface area contributed by atoms with E-state index in [0.29, 0.717) is 12.5 Å². The molecule has 0 saturated heterocycles. The van der Waals surface area contributed by atoms with Gasteiger partial charge in [0.25, 0.3) is 0 Å². The van der Waals surface area contributed by atoms with Crippen molar-refractivity contribution in [2.75, 3.05) is 12.5 Å². The van der Waals surface area contributed by atoms with Crippen LogP contribution in [0.2, 0.25) is 0 Å². The van der Waals surface area contributed by atoms with Crippen LogP contribution in [0.4, 0.5) is 0 Å². The lowest BCUT2D eigenvalue weighted by Crippen LogP contribution is -2.18. The number of carbonyl (C=O) groups excluding carboxylic acids is 1. The number of nitrogens with zero attached hydrogens (tertiary/aromatic N) is 1. The highest BCUT2D eigenvalue weighted by Crippen LogP contribution is 1.82. The van der Waals surface area contributed by atoms with Gasteiger partial charge in [0.15, 0.2) is 0 Å². The molecule has 0 heterocycles. The largest absolute Gasteiger partial charge is 0.332 e. The van der Waals surface area contributed by atoms with E-state index >= 15 is 0 Å². The fourth-order valence-corrected chi connectivity index (χ4v) is 0.413. The number of amides is 1. The zero-order chi connectivity index (χ0) is 5.70. The summed E-state index contributed by atoms with van der Waals surface area (Å²) in [6.45, 7) is 2.56. The van der Waals surface area contributed by atoms with Crippen LogP contribution in [0.15, 0.2) is 0 Å². The van der Waals surface area contributed by atoms with Crippen molar-refractivity contribution < 1.29 is 4.79 Å². The van der Waals surface area contributed by atoms with E-state index < -0.39 is 0 Å². The minimum absolute atomic E-state index is 0.292. The maximum absolute atomic E-state index is 9.81. The summed E-state index contributed by atoms with van der Waals surface area (Å²) >= 11 is 5.26. The number of carbonyl (C=O) groups is 1. The van der Waals surface area contributed by atoms with Crippen molar-refractivity contribution in [1.29, 1.82) is 0 Å². The standard InChI is InChI=1S/C4H8ClNO/c1-2-6(3-5)4-7/h4H,2-3H2,1H3. The van der Waals surface area contributed by atoms with Crippen LogP contribution in [0, 0.1) is 0 Å². The van der Waals surface area contributed by atoms with E-state index in [1.165, 1.54) is 4.90 Å². The van der Waals surface area contributed by atoms with E-state index in [2.05, 4.69) is 0 Å². The van der Waals surface area contributed by atoms with Crippen LogP contribution < -0.4 is 0 Å². The SMILES string of the molecule is CCN(C=O)CCl. The lowest BCUT2D eigenvalue weighted by Gasteiger charge is -2.07. The average Bonchev–Trinajstić information content (AvgIpc) is 1.72. The molecule has 0 aromatic heterocycles. The van der Waals surface area contributed by atoms with E-state index in [0.717, 1.165) is 6.41 Å². The third kappa shape index (κ3) is 2.45. The van der Waals surface area contributed by atoms with Crippen molar-refractivity contribution in [1.82, 2.24) is 4.90 Å². The molecule has 0 aliphatic heterocycles. The molecule has 1 amide bonds. The second kappa shape index (κ2) is 3.93. The number of rotatable bonds is 3. The molecular weight excluding hydrogens is 114 g/mol. The minimum Gasteiger partial charge on any atom is -0.332 e. The van der Waals surface area contributed by atoms with Crippen LogP contribution in [-0.2, 0) is 4.79 Å². The molecule has 0 aromatic carbocycles. The highest BCUT2D eigenvalue weighted by atomic mass is 35.5. The summed E-state index contributed by atoms with van der Waals surface area (Å²) in [4.78, 5) is 11.3. The average molecular weight is 122 g/mol. The fourth-order valence-electron chi connectivity index (χ4n) is 0.187. The third-order valence-corrected chi connectivity index (χ3v) is 1.02. The summed E-state index contributed by atoms with van der Waals surface area (Å²) in [6, 6.07) is 0.292. The monoisotopic (exact) mass is 121 g/mol. The zero-order valence-corrected chi connectivity index (χ0v) is 4.98. The van der Waals surface area contributed by atoms with Gasteiger partial charge < -0.3 is 4.90 Å². The molecular formula is C4H8ClNO. The first-order valence-electron chi connectivity index (χ1n) is 2.10. The molecule has 2 nitrogen and oxygen atoms in total. The van der Waals surface area contributed by atoms with E-state index in [1.807, 2.05) is 6.92 Å². The first-order chi connectivity index (χ1) is 3.35. The summed E-state index contributed by atoms with van der Waals surface area (Å²) in [7, 11) is 0. The first-order valence-corrected chi connectivity index (χ1v) is 2.64. The van der Waals surface area contributed by atoms with Crippen molar-refractivity contribution in [2.45, 2.75) is 6.92 Å². The lowest BCUT2D eigenvalue weighted by atomic mass is 10.7. The second-order valence-corrected chi connectivity index (χ2v) is 1.37. The van der Waals surface area contributed by atoms with Gasteiger partial charge in [0.2, 0.25) is 6.41 Å². The zero-order valence-electron chi connectivity index (χ0n) is 4.22. The van der Waals surface area contributed by atoms with Gasteiger partial charge in [0.05, 0.1) is 6.00 Å². The summed E-state index contributed by atoms with van der Waals surface area (Å²) in [5, 5.41) is 0. The van der Waals surface area contributed by atoms with Crippen molar-refractivity contribution >= 4 is 18.0 Å². The van der Waals surface area contributed by atoms with Crippen molar-refractivity contribution in [2.24, 2.45) is 0 Å². The Bertz CT molecular complexity index is 53.7. The van der Waals surface area contributed by atoms with E-state index in [9.17, 15) is 4.79 Å². The molecule has 0 radical (unpaired) electrons. The Hall–Kier alpha value is -0.240. The van der Waals surface area contributed by atoms with Crippen LogP contribution in [0.1, 0.15) is 6.92 Å². The maximum atomic E-state index is 9.81. The molecule has 0 bridgehead atoms. The Morgan fingerprint density at radius 1 is 1.86 bits per heavy atom. The Labute approximate surface area is 48.1 Å². The summed E-state index contributed by atoms with van der Waals surface area (Å²) in [5.74, 6) is 0. The molecule has 0 aromatic rings. The number of halogens is 1. The molecule has 7 heavy (non-hydrogen) atoms. The summed E-state index contributed by atoms with van der Waals surface area (Å²) in [5.41, 5.74) is 0. The van der Waals surface area contributed by atoms with Crippen molar-refractivity contribution in [3.05, 3.63) is 0 Å². The molecule has 0 spiro atoms. The van der Waals surface area contributed by atoms with Gasteiger partial charge in [0.1, 0.15) is 0 Å². The highest BCUT2D eigenvalue weighted by Gasteiger charge is 1.89. The van der Waals surface area contributed by atoms with Gasteiger partial charge in [-0.05, 0) is 6.92 Å². The Morgan fingerprint density at radius 3 is 2.43 bits per heavy atom. The third-order valence-electron chi connectivity index (χ3n) is 0.709. The van der Waals surface area contributed by atoms with Gasteiger partial charge in [-0.2, -0.15) is 0 Å². The molecule has 0 atom stereocenters. The van der Waals surface area contributed by atoms with E-state index in [-0.39, 0.29) is 0 Å². The summed E-state index contributed by atoms with van der Waals surface area (Å²) < 4.78 is 0. The van der Waals surface area contributed by atoms with Gasteiger partial charge in [0, 0.05) is 6.54 Å². The van der Waals surface area contributed by atoms with Crippen LogP contribution >= 0.6 is 11.6 Å². The molecule has 0 fully saturated rings. The van der Waals surface area contributed by atoms with Gasteiger partial charge in [-0.15, -0.1) is 11.6 Å². The second-order valence-electron chi connectivity index (χ2n) is 1.13. The number of hydrogen-bond donors (Lipinski definition) is 0. The molecule has 0 aliphatic carbocycles. The first kappa shape index (κ1) is 6.76. The smallest absolute Gasteiger partial charge is 0.210 e. The fraction of sp³-hybridized carbons (Fsp3) is 0.750. The van der Waals surface area contributed by atoms with Crippen LogP contribution in [0.25, 0.3) is 0 Å². The normalized spacial score (nSPS) is 8.29. The lowest BCUT2D eigenvalue weighted by molar-refractivity contribution is -0.117. The van der Waals surface area contributed by atoms with Crippen molar-refractivity contribution in [3.63, 3.8) is 0 Å². The summed E-state index contributed by atoms with van der Waals surface area (Å²) in [6.07, 6.45) is 0.729. The molecule has 3 heteroatoms. The van der Waals surface area contributed by atoms with Crippen LogP contribution in [-0.4, -0.2) is 23.9 Å². The van der Waals surface area contributed by atoms with Gasteiger partial charge in [-0.3, -0.25) is 4.79 Å². The van der Waals surface area contributed by atoms with Gasteiger partial charge in [-0.25, -0.2) is 0 Å². The molecule has 42 valence electrons. The predicted molar refractivity (Wildman–Crippen MR) is 29.2 cm³/mol. The Kier molecular flexibility index (Phi) is 3.80. The minimum atomic E-state index is 0.292. The quantitative estimate of drug-likeness (QED) is 0.305. The maximum Gasteiger partial charge on any atom is 0.210 e. The molecule has 0 rings (SSSR count). The van der Waals surface area contributed by atoms with Gasteiger partial charge >= 0.3 is 0 Å². The van der Waals surface area contributed by atoms with E-state index in [4.69, 9.17) is 11.6 Å². The van der Waals surface area contributed by atoms with E-state index in [1.54, 1.807) is 0 Å². The molecule has 0 N–H and O–H groups in total. The highest BCUT2D eigenvalue weighted by molar-refractivity contribution is 6.18.